The number of thioether (sulfide) groups is 1. The number of hydrogen-bond donors (Lipinski definition) is 2. The molecule has 1 unspecified atom stereocenters. The second-order valence-corrected chi connectivity index (χ2v) is 5.78. The summed E-state index contributed by atoms with van der Waals surface area (Å²) in [5.74, 6) is -0.361. The van der Waals surface area contributed by atoms with Gasteiger partial charge in [-0.05, 0) is 18.1 Å². The molecule has 1 atom stereocenters. The minimum Gasteiger partial charge on any atom is -0.351 e. The molecule has 3 amide bonds. The third-order valence-corrected chi connectivity index (χ3v) is 4.27. The van der Waals surface area contributed by atoms with E-state index in [2.05, 4.69) is 10.3 Å². The SMILES string of the molecule is CC(C)C(Sc1ncc2ccccn12)C(=O)NC(N)=O. The van der Waals surface area contributed by atoms with Crippen LogP contribution in [0.5, 0.6) is 0 Å². The maximum Gasteiger partial charge on any atom is 0.318 e. The van der Waals surface area contributed by atoms with E-state index in [0.717, 1.165) is 5.52 Å². The Kier molecular flexibility index (Phi) is 4.29. The van der Waals surface area contributed by atoms with E-state index in [1.165, 1.54) is 11.8 Å². The Morgan fingerprint density at radius 2 is 2.15 bits per heavy atom. The second kappa shape index (κ2) is 5.96. The van der Waals surface area contributed by atoms with Crippen LogP contribution in [0, 0.1) is 5.92 Å². The predicted octanol–water partition coefficient (Wildman–Crippen LogP) is 1.65. The first-order valence-electron chi connectivity index (χ1n) is 6.18. The molecule has 20 heavy (non-hydrogen) atoms. The van der Waals surface area contributed by atoms with Crippen LogP contribution in [0.4, 0.5) is 4.79 Å². The molecule has 0 aromatic carbocycles. The summed E-state index contributed by atoms with van der Waals surface area (Å²) in [7, 11) is 0. The first kappa shape index (κ1) is 14.4. The summed E-state index contributed by atoms with van der Waals surface area (Å²) in [6.07, 6.45) is 3.62. The molecular weight excluding hydrogens is 276 g/mol. The molecule has 0 radical (unpaired) electrons. The average Bonchev–Trinajstić information content (AvgIpc) is 2.77. The normalized spacial score (nSPS) is 12.6. The lowest BCUT2D eigenvalue weighted by atomic mass is 10.1. The van der Waals surface area contributed by atoms with Crippen molar-refractivity contribution in [2.45, 2.75) is 24.3 Å². The summed E-state index contributed by atoms with van der Waals surface area (Å²) in [5, 5.41) is 2.40. The van der Waals surface area contributed by atoms with Crippen LogP contribution in [0.25, 0.3) is 5.52 Å². The number of amides is 3. The van der Waals surface area contributed by atoms with Gasteiger partial charge in [-0.2, -0.15) is 0 Å². The Labute approximate surface area is 120 Å². The number of urea groups is 1. The van der Waals surface area contributed by atoms with Crippen LogP contribution < -0.4 is 11.1 Å². The summed E-state index contributed by atoms with van der Waals surface area (Å²) in [6.45, 7) is 3.82. The van der Waals surface area contributed by atoms with Crippen molar-refractivity contribution in [3.8, 4) is 0 Å². The van der Waals surface area contributed by atoms with Crippen LogP contribution in [0.3, 0.4) is 0 Å². The van der Waals surface area contributed by atoms with Crippen LogP contribution in [0.1, 0.15) is 13.8 Å². The van der Waals surface area contributed by atoms with Gasteiger partial charge in [0.2, 0.25) is 5.91 Å². The van der Waals surface area contributed by atoms with Crippen molar-refractivity contribution in [2.75, 3.05) is 0 Å². The first-order valence-corrected chi connectivity index (χ1v) is 7.06. The van der Waals surface area contributed by atoms with Crippen LogP contribution in [0.15, 0.2) is 35.7 Å². The molecule has 0 saturated carbocycles. The third-order valence-electron chi connectivity index (χ3n) is 2.75. The number of carbonyl (C=O) groups excluding carboxylic acids is 2. The van der Waals surface area contributed by atoms with E-state index < -0.39 is 17.2 Å². The zero-order valence-electron chi connectivity index (χ0n) is 11.2. The zero-order chi connectivity index (χ0) is 14.7. The fourth-order valence-electron chi connectivity index (χ4n) is 1.80. The Hall–Kier alpha value is -2.02. The predicted molar refractivity (Wildman–Crippen MR) is 77.4 cm³/mol. The van der Waals surface area contributed by atoms with E-state index in [4.69, 9.17) is 5.73 Å². The van der Waals surface area contributed by atoms with E-state index in [-0.39, 0.29) is 5.92 Å². The number of primary amides is 1. The molecule has 3 N–H and O–H groups in total. The van der Waals surface area contributed by atoms with Crippen molar-refractivity contribution in [1.29, 1.82) is 0 Å². The zero-order valence-corrected chi connectivity index (χ0v) is 12.1. The van der Waals surface area contributed by atoms with E-state index in [0.29, 0.717) is 5.16 Å². The number of aromatic nitrogens is 2. The van der Waals surface area contributed by atoms with E-state index >= 15 is 0 Å². The summed E-state index contributed by atoms with van der Waals surface area (Å²) >= 11 is 1.32. The molecule has 2 aromatic heterocycles. The molecule has 6 nitrogen and oxygen atoms in total. The van der Waals surface area contributed by atoms with Gasteiger partial charge in [0.1, 0.15) is 0 Å². The van der Waals surface area contributed by atoms with Gasteiger partial charge in [-0.1, -0.05) is 31.7 Å². The molecule has 0 bridgehead atoms. The number of imidazole rings is 1. The lowest BCUT2D eigenvalue weighted by Crippen LogP contribution is -2.42. The number of rotatable bonds is 4. The lowest BCUT2D eigenvalue weighted by Gasteiger charge is -2.17. The van der Waals surface area contributed by atoms with Crippen LogP contribution in [-0.2, 0) is 4.79 Å². The van der Waals surface area contributed by atoms with Gasteiger partial charge in [0.05, 0.1) is 17.0 Å². The second-order valence-electron chi connectivity index (χ2n) is 4.67. The number of nitrogens with zero attached hydrogens (tertiary/aromatic N) is 2. The number of hydrogen-bond acceptors (Lipinski definition) is 4. The van der Waals surface area contributed by atoms with Gasteiger partial charge in [0.15, 0.2) is 5.16 Å². The molecule has 2 heterocycles. The summed E-state index contributed by atoms with van der Waals surface area (Å²) in [5.41, 5.74) is 5.95. The number of fused-ring (bicyclic) bond motifs is 1. The van der Waals surface area contributed by atoms with Gasteiger partial charge in [0.25, 0.3) is 0 Å². The molecule has 0 aliphatic heterocycles. The smallest absolute Gasteiger partial charge is 0.318 e. The standard InChI is InChI=1S/C13H16N4O2S/c1-8(2)10(11(18)16-12(14)19)20-13-15-7-9-5-3-4-6-17(9)13/h3-8,10H,1-2H3,(H3,14,16,18,19). The lowest BCUT2D eigenvalue weighted by molar-refractivity contribution is -0.120. The van der Waals surface area contributed by atoms with Gasteiger partial charge in [-0.25, -0.2) is 9.78 Å². The minimum atomic E-state index is -0.839. The van der Waals surface area contributed by atoms with Gasteiger partial charge >= 0.3 is 6.03 Å². The van der Waals surface area contributed by atoms with Crippen molar-refractivity contribution < 1.29 is 9.59 Å². The Bertz CT molecular complexity index is 638. The maximum atomic E-state index is 12.0. The van der Waals surface area contributed by atoms with E-state index in [1.807, 2.05) is 42.6 Å². The van der Waals surface area contributed by atoms with Gasteiger partial charge in [-0.15, -0.1) is 0 Å². The quantitative estimate of drug-likeness (QED) is 0.838. The van der Waals surface area contributed by atoms with Gasteiger partial charge < -0.3 is 5.73 Å². The minimum absolute atomic E-state index is 0.0374. The molecular formula is C13H16N4O2S. The summed E-state index contributed by atoms with van der Waals surface area (Å²) in [4.78, 5) is 27.1. The highest BCUT2D eigenvalue weighted by Gasteiger charge is 2.26. The molecule has 0 aliphatic carbocycles. The topological polar surface area (TPSA) is 89.5 Å². The van der Waals surface area contributed by atoms with Crippen molar-refractivity contribution in [2.24, 2.45) is 11.7 Å². The first-order chi connectivity index (χ1) is 9.49. The van der Waals surface area contributed by atoms with Crippen molar-refractivity contribution >= 4 is 29.2 Å². The number of imide groups is 1. The van der Waals surface area contributed by atoms with E-state index in [9.17, 15) is 9.59 Å². The van der Waals surface area contributed by atoms with Crippen molar-refractivity contribution in [1.82, 2.24) is 14.7 Å². The average molecular weight is 292 g/mol. The Morgan fingerprint density at radius 1 is 1.40 bits per heavy atom. The molecule has 2 aromatic rings. The van der Waals surface area contributed by atoms with Crippen molar-refractivity contribution in [3.63, 3.8) is 0 Å². The molecule has 0 fully saturated rings. The highest BCUT2D eigenvalue weighted by molar-refractivity contribution is 8.00. The highest BCUT2D eigenvalue weighted by atomic mass is 32.2. The molecule has 0 spiro atoms. The number of nitrogens with two attached hydrogens (primary N) is 1. The molecule has 7 heteroatoms. The molecule has 106 valence electrons. The number of pyridine rings is 1. The summed E-state index contributed by atoms with van der Waals surface area (Å²) < 4.78 is 1.90. The Morgan fingerprint density at radius 3 is 2.80 bits per heavy atom. The third kappa shape index (κ3) is 3.11. The largest absolute Gasteiger partial charge is 0.351 e. The van der Waals surface area contributed by atoms with Gasteiger partial charge in [-0.3, -0.25) is 14.5 Å². The monoisotopic (exact) mass is 292 g/mol. The summed E-state index contributed by atoms with van der Waals surface area (Å²) in [6, 6.07) is 4.91. The fraction of sp³-hybridized carbons (Fsp3) is 0.308. The van der Waals surface area contributed by atoms with Crippen LogP contribution in [-0.4, -0.2) is 26.6 Å². The molecule has 0 aliphatic rings. The molecule has 0 saturated heterocycles. The van der Waals surface area contributed by atoms with Crippen LogP contribution >= 0.6 is 11.8 Å². The maximum absolute atomic E-state index is 12.0. The van der Waals surface area contributed by atoms with Crippen molar-refractivity contribution in [3.05, 3.63) is 30.6 Å². The number of carbonyl (C=O) groups is 2. The highest BCUT2D eigenvalue weighted by Crippen LogP contribution is 2.28. The van der Waals surface area contributed by atoms with Gasteiger partial charge in [0, 0.05) is 6.20 Å². The fourth-order valence-corrected chi connectivity index (χ4v) is 2.86. The number of nitrogens with one attached hydrogen (secondary N) is 1. The Balaban J connectivity index is 2.24. The molecule has 2 rings (SSSR count). The van der Waals surface area contributed by atoms with Crippen LogP contribution in [0.2, 0.25) is 0 Å². The van der Waals surface area contributed by atoms with E-state index in [1.54, 1.807) is 6.20 Å².